The SMILES string of the molecule is C=C[C@@H]1C(O[Si](C)(C)C(C)(C)C)[C@H](C=C)[C@@H]2CCCCCC[C@@H]21. The van der Waals surface area contributed by atoms with Gasteiger partial charge in [-0.1, -0.05) is 58.6 Å². The molecule has 2 rings (SSSR count). The Labute approximate surface area is 145 Å². The minimum Gasteiger partial charge on any atom is -0.413 e. The van der Waals surface area contributed by atoms with E-state index in [9.17, 15) is 0 Å². The standard InChI is InChI=1S/C21H38OSi/c1-8-16-18-14-12-10-11-13-15-19(18)17(9-2)20(16)22-23(6,7)21(3,4)5/h8-9,16-20H,1-2,10-15H2,3-7H3/t16-,17+,18+,19-,20?. The summed E-state index contributed by atoms with van der Waals surface area (Å²) >= 11 is 0. The van der Waals surface area contributed by atoms with Crippen molar-refractivity contribution < 1.29 is 4.43 Å². The molecule has 2 heteroatoms. The molecule has 5 atom stereocenters. The lowest BCUT2D eigenvalue weighted by atomic mass is 9.78. The van der Waals surface area contributed by atoms with Crippen LogP contribution in [0.3, 0.4) is 0 Å². The summed E-state index contributed by atoms with van der Waals surface area (Å²) in [5.74, 6) is 2.53. The molecule has 23 heavy (non-hydrogen) atoms. The molecule has 0 heterocycles. The molecule has 0 aromatic carbocycles. The highest BCUT2D eigenvalue weighted by molar-refractivity contribution is 6.74. The van der Waals surface area contributed by atoms with E-state index >= 15 is 0 Å². The summed E-state index contributed by atoms with van der Waals surface area (Å²) in [5.41, 5.74) is 0. The summed E-state index contributed by atoms with van der Waals surface area (Å²) in [7, 11) is -1.77. The minimum absolute atomic E-state index is 0.256. The highest BCUT2D eigenvalue weighted by Gasteiger charge is 2.51. The third-order valence-electron chi connectivity index (χ3n) is 6.90. The van der Waals surface area contributed by atoms with Crippen LogP contribution in [0, 0.1) is 23.7 Å². The van der Waals surface area contributed by atoms with Gasteiger partial charge in [0.05, 0.1) is 6.10 Å². The molecule has 0 amide bonds. The molecule has 0 bridgehead atoms. The molecule has 2 aliphatic carbocycles. The van der Waals surface area contributed by atoms with E-state index in [2.05, 4.69) is 59.2 Å². The van der Waals surface area contributed by atoms with Gasteiger partial charge in [0.2, 0.25) is 0 Å². The molecule has 2 saturated carbocycles. The van der Waals surface area contributed by atoms with Gasteiger partial charge in [0.25, 0.3) is 0 Å². The fourth-order valence-corrected chi connectivity index (χ4v) is 5.88. The monoisotopic (exact) mass is 334 g/mol. The molecule has 0 N–H and O–H groups in total. The normalized spacial score (nSPS) is 36.0. The van der Waals surface area contributed by atoms with Crippen LogP contribution in [0.1, 0.15) is 59.3 Å². The first-order valence-electron chi connectivity index (χ1n) is 9.66. The van der Waals surface area contributed by atoms with Crippen molar-refractivity contribution in [2.75, 3.05) is 0 Å². The molecule has 1 unspecified atom stereocenters. The number of hydrogen-bond acceptors (Lipinski definition) is 1. The maximum absolute atomic E-state index is 6.94. The summed E-state index contributed by atoms with van der Waals surface area (Å²) in [6, 6.07) is 0. The van der Waals surface area contributed by atoms with E-state index < -0.39 is 8.32 Å². The predicted octanol–water partition coefficient (Wildman–Crippen LogP) is 6.58. The average Bonchev–Trinajstić information content (AvgIpc) is 2.68. The van der Waals surface area contributed by atoms with E-state index in [-0.39, 0.29) is 5.04 Å². The molecule has 0 spiro atoms. The minimum atomic E-state index is -1.77. The lowest BCUT2D eigenvalue weighted by Crippen LogP contribution is -2.46. The Kier molecular flexibility index (Phi) is 6.00. The van der Waals surface area contributed by atoms with Crippen molar-refractivity contribution in [1.29, 1.82) is 0 Å². The predicted molar refractivity (Wildman–Crippen MR) is 104 cm³/mol. The van der Waals surface area contributed by atoms with Crippen molar-refractivity contribution in [2.45, 2.75) is 83.5 Å². The second-order valence-electron chi connectivity index (χ2n) is 9.29. The zero-order valence-electron chi connectivity index (χ0n) is 16.1. The molecule has 0 aromatic heterocycles. The molecular weight excluding hydrogens is 296 g/mol. The fourth-order valence-electron chi connectivity index (χ4n) is 4.53. The van der Waals surface area contributed by atoms with Crippen molar-refractivity contribution >= 4 is 8.32 Å². The Bertz CT molecular complexity index is 394. The van der Waals surface area contributed by atoms with Gasteiger partial charge in [0.1, 0.15) is 0 Å². The zero-order valence-corrected chi connectivity index (χ0v) is 17.1. The van der Waals surface area contributed by atoms with E-state index in [0.717, 1.165) is 11.8 Å². The van der Waals surface area contributed by atoms with Crippen molar-refractivity contribution in [3.63, 3.8) is 0 Å². The smallest absolute Gasteiger partial charge is 0.192 e. The average molecular weight is 335 g/mol. The van der Waals surface area contributed by atoms with Crippen LogP contribution < -0.4 is 0 Å². The third kappa shape index (κ3) is 3.84. The quantitative estimate of drug-likeness (QED) is 0.416. The maximum Gasteiger partial charge on any atom is 0.192 e. The van der Waals surface area contributed by atoms with Crippen LogP contribution in [-0.2, 0) is 4.43 Å². The zero-order chi connectivity index (χ0) is 17.3. The van der Waals surface area contributed by atoms with Gasteiger partial charge in [0, 0.05) is 11.8 Å². The summed E-state index contributed by atoms with van der Waals surface area (Å²) < 4.78 is 6.94. The highest BCUT2D eigenvalue weighted by atomic mass is 28.4. The highest BCUT2D eigenvalue weighted by Crippen LogP contribution is 2.52. The van der Waals surface area contributed by atoms with Gasteiger partial charge in [-0.3, -0.25) is 0 Å². The summed E-state index contributed by atoms with van der Waals surface area (Å²) in [6.45, 7) is 20.2. The first-order chi connectivity index (χ1) is 10.7. The summed E-state index contributed by atoms with van der Waals surface area (Å²) in [6.07, 6.45) is 13.0. The maximum atomic E-state index is 6.94. The molecule has 0 aromatic rings. The van der Waals surface area contributed by atoms with Crippen LogP contribution in [0.15, 0.2) is 25.3 Å². The Morgan fingerprint density at radius 3 is 1.65 bits per heavy atom. The fraction of sp³-hybridized carbons (Fsp3) is 0.810. The second kappa shape index (κ2) is 7.27. The largest absolute Gasteiger partial charge is 0.413 e. The molecule has 0 saturated heterocycles. The van der Waals surface area contributed by atoms with Gasteiger partial charge >= 0.3 is 0 Å². The summed E-state index contributed by atoms with van der Waals surface area (Å²) in [4.78, 5) is 0. The van der Waals surface area contributed by atoms with Gasteiger partial charge in [-0.05, 0) is 42.8 Å². The third-order valence-corrected chi connectivity index (χ3v) is 11.4. The topological polar surface area (TPSA) is 9.23 Å². The lowest BCUT2D eigenvalue weighted by Gasteiger charge is -2.41. The Morgan fingerprint density at radius 1 is 0.870 bits per heavy atom. The lowest BCUT2D eigenvalue weighted by molar-refractivity contribution is 0.123. The van der Waals surface area contributed by atoms with Crippen molar-refractivity contribution in [1.82, 2.24) is 0 Å². The Hall–Kier alpha value is -0.343. The van der Waals surface area contributed by atoms with Crippen molar-refractivity contribution in [3.05, 3.63) is 25.3 Å². The number of rotatable bonds is 4. The summed E-state index contributed by atoms with van der Waals surface area (Å²) in [5, 5.41) is 0.256. The van der Waals surface area contributed by atoms with Gasteiger partial charge in [0.15, 0.2) is 8.32 Å². The first-order valence-corrected chi connectivity index (χ1v) is 12.6. The van der Waals surface area contributed by atoms with Gasteiger partial charge < -0.3 is 4.43 Å². The van der Waals surface area contributed by atoms with E-state index in [1.54, 1.807) is 0 Å². The number of fused-ring (bicyclic) bond motifs is 1. The van der Waals surface area contributed by atoms with E-state index in [1.807, 2.05) is 0 Å². The van der Waals surface area contributed by atoms with E-state index in [4.69, 9.17) is 4.43 Å². The molecular formula is C21H38OSi. The first kappa shape index (κ1) is 19.0. The van der Waals surface area contributed by atoms with Gasteiger partial charge in [-0.25, -0.2) is 0 Å². The van der Waals surface area contributed by atoms with Crippen LogP contribution in [-0.4, -0.2) is 14.4 Å². The van der Waals surface area contributed by atoms with Crippen LogP contribution in [0.4, 0.5) is 0 Å². The number of hydrogen-bond donors (Lipinski definition) is 0. The van der Waals surface area contributed by atoms with Crippen LogP contribution >= 0.6 is 0 Å². The van der Waals surface area contributed by atoms with E-state index in [1.165, 1.54) is 38.5 Å². The molecule has 2 aliphatic rings. The molecule has 2 fully saturated rings. The van der Waals surface area contributed by atoms with Crippen LogP contribution in [0.2, 0.25) is 18.1 Å². The van der Waals surface area contributed by atoms with Gasteiger partial charge in [-0.2, -0.15) is 0 Å². The Morgan fingerprint density at radius 2 is 1.30 bits per heavy atom. The van der Waals surface area contributed by atoms with E-state index in [0.29, 0.717) is 17.9 Å². The van der Waals surface area contributed by atoms with Gasteiger partial charge in [-0.15, -0.1) is 13.2 Å². The second-order valence-corrected chi connectivity index (χ2v) is 14.0. The van der Waals surface area contributed by atoms with Crippen molar-refractivity contribution in [2.24, 2.45) is 23.7 Å². The molecule has 1 nitrogen and oxygen atoms in total. The molecule has 132 valence electrons. The molecule has 0 aliphatic heterocycles. The van der Waals surface area contributed by atoms with Crippen LogP contribution in [0.5, 0.6) is 0 Å². The Balaban J connectivity index is 2.28. The van der Waals surface area contributed by atoms with Crippen LogP contribution in [0.25, 0.3) is 0 Å². The molecule has 0 radical (unpaired) electrons. The van der Waals surface area contributed by atoms with Crippen molar-refractivity contribution in [3.8, 4) is 0 Å².